The Kier molecular flexibility index (Phi) is 63.4. The van der Waals surface area contributed by atoms with E-state index in [0.29, 0.717) is 19.3 Å². The predicted octanol–water partition coefficient (Wildman–Crippen LogP) is 22.9. The topological polar surface area (TPSA) is 78.9 Å². The minimum Gasteiger partial charge on any atom is -0.462 e. The molecule has 0 fully saturated rings. The van der Waals surface area contributed by atoms with Crippen molar-refractivity contribution in [2.45, 2.75) is 284 Å². The predicted molar refractivity (Wildman–Crippen MR) is 352 cm³/mol. The fourth-order valence-corrected chi connectivity index (χ4v) is 8.66. The molecule has 0 aliphatic heterocycles. The monoisotopic (exact) mass is 1120 g/mol. The molecule has 0 aromatic heterocycles. The highest BCUT2D eigenvalue weighted by Gasteiger charge is 2.19. The quantitative estimate of drug-likeness (QED) is 0.0261. The SMILES string of the molecule is CC/C=C\C/C=C\C/C=C\C/C=C\C/C=C\C/C=C\C/C=C\CCCCCCCC(=O)OC(COC(=O)CCCCCCC)COC(=O)CCCCCCCCCCCCCC/C=C\C/C=C\C/C=C\C/C=C\C/C=C\C/C=C\CC. The number of hydrogen-bond donors (Lipinski definition) is 0. The zero-order valence-electron chi connectivity index (χ0n) is 52.2. The van der Waals surface area contributed by atoms with Gasteiger partial charge in [0.2, 0.25) is 0 Å². The Morgan fingerprint density at radius 3 is 0.753 bits per heavy atom. The molecule has 0 bridgehead atoms. The molecule has 0 aliphatic carbocycles. The van der Waals surface area contributed by atoms with E-state index < -0.39 is 6.10 Å². The van der Waals surface area contributed by atoms with Crippen molar-refractivity contribution in [3.05, 3.63) is 158 Å². The maximum Gasteiger partial charge on any atom is 0.306 e. The number of hydrogen-bond acceptors (Lipinski definition) is 6. The number of allylic oxidation sites excluding steroid dienone is 26. The zero-order valence-corrected chi connectivity index (χ0v) is 52.2. The van der Waals surface area contributed by atoms with E-state index in [-0.39, 0.29) is 31.1 Å². The second kappa shape index (κ2) is 67.5. The minimum absolute atomic E-state index is 0.0918. The molecule has 0 spiro atoms. The molecule has 0 aromatic rings. The lowest BCUT2D eigenvalue weighted by atomic mass is 10.0. The van der Waals surface area contributed by atoms with Gasteiger partial charge in [-0.1, -0.05) is 288 Å². The first-order valence-corrected chi connectivity index (χ1v) is 33.0. The van der Waals surface area contributed by atoms with Gasteiger partial charge in [0.05, 0.1) is 0 Å². The number of ether oxygens (including phenoxy) is 3. The minimum atomic E-state index is -0.793. The van der Waals surface area contributed by atoms with Crippen LogP contribution in [0.15, 0.2) is 158 Å². The summed E-state index contributed by atoms with van der Waals surface area (Å²) in [5, 5.41) is 0. The van der Waals surface area contributed by atoms with Gasteiger partial charge in [0.25, 0.3) is 0 Å². The Morgan fingerprint density at radius 1 is 0.259 bits per heavy atom. The first-order valence-electron chi connectivity index (χ1n) is 33.0. The molecule has 0 N–H and O–H groups in total. The Labute approximate surface area is 499 Å². The lowest BCUT2D eigenvalue weighted by molar-refractivity contribution is -0.167. The van der Waals surface area contributed by atoms with Gasteiger partial charge in [-0.15, -0.1) is 0 Å². The molecule has 0 radical (unpaired) electrons. The van der Waals surface area contributed by atoms with Gasteiger partial charge in [-0.05, 0) is 128 Å². The Morgan fingerprint density at radius 2 is 0.481 bits per heavy atom. The summed E-state index contributed by atoms with van der Waals surface area (Å²) in [6.45, 7) is 6.31. The molecule has 0 amide bonds. The summed E-state index contributed by atoms with van der Waals surface area (Å²) in [5.41, 5.74) is 0. The van der Waals surface area contributed by atoms with E-state index in [0.717, 1.165) is 173 Å². The largest absolute Gasteiger partial charge is 0.462 e. The molecule has 6 nitrogen and oxygen atoms in total. The third kappa shape index (κ3) is 65.7. The molecule has 6 heteroatoms. The van der Waals surface area contributed by atoms with Gasteiger partial charge in [-0.25, -0.2) is 0 Å². The Bertz CT molecular complexity index is 1810. The van der Waals surface area contributed by atoms with E-state index in [9.17, 15) is 14.4 Å². The van der Waals surface area contributed by atoms with Crippen LogP contribution in [0.4, 0.5) is 0 Å². The average molecular weight is 1120 g/mol. The van der Waals surface area contributed by atoms with E-state index >= 15 is 0 Å². The molecule has 0 aromatic carbocycles. The van der Waals surface area contributed by atoms with Gasteiger partial charge >= 0.3 is 17.9 Å². The molecule has 456 valence electrons. The highest BCUT2D eigenvalue weighted by atomic mass is 16.6. The van der Waals surface area contributed by atoms with E-state index in [1.54, 1.807) is 0 Å². The number of unbranched alkanes of at least 4 members (excludes halogenated alkanes) is 21. The smallest absolute Gasteiger partial charge is 0.306 e. The fourth-order valence-electron chi connectivity index (χ4n) is 8.66. The van der Waals surface area contributed by atoms with Crippen molar-refractivity contribution in [1.82, 2.24) is 0 Å². The fraction of sp³-hybridized carbons (Fsp3) is 0.613. The molecule has 0 saturated carbocycles. The van der Waals surface area contributed by atoms with E-state index in [2.05, 4.69) is 179 Å². The van der Waals surface area contributed by atoms with Crippen LogP contribution >= 0.6 is 0 Å². The molecule has 1 unspecified atom stereocenters. The molecule has 0 saturated heterocycles. The first-order chi connectivity index (χ1) is 40.0. The summed E-state index contributed by atoms with van der Waals surface area (Å²) in [6, 6.07) is 0. The van der Waals surface area contributed by atoms with Crippen molar-refractivity contribution in [2.24, 2.45) is 0 Å². The standard InChI is InChI=1S/C75H120O6/c1-4-7-10-13-15-17-19-21-23-25-27-29-31-33-35-36-37-38-40-41-43-45-47-49-51-53-55-57-59-62-65-68-74(77)80-71-72(70-79-73(76)67-64-61-12-9-6-3)81-75(78)69-66-63-60-58-56-54-52-50-48-46-44-42-39-34-32-30-28-26-24-22-20-18-16-14-11-8-5-2/h7-8,10-11,15-18,21-24,27-30,33-35,37-39,44,46,50,52,72H,4-6,9,12-14,19-20,25-26,31-32,36,40-43,45,47-49,51,53-71H2,1-3H3/b10-7-,11-8-,17-15-,18-16-,23-21-,24-22-,29-27-,30-28-,35-33-,38-37-,39-34-,46-44-,52-50-. The maximum absolute atomic E-state index is 12.8. The van der Waals surface area contributed by atoms with Crippen molar-refractivity contribution in [3.63, 3.8) is 0 Å². The van der Waals surface area contributed by atoms with Crippen LogP contribution in [0.2, 0.25) is 0 Å². The highest BCUT2D eigenvalue weighted by molar-refractivity contribution is 5.71. The summed E-state index contributed by atoms with van der Waals surface area (Å²) in [6.07, 6.45) is 98.7. The van der Waals surface area contributed by atoms with Crippen molar-refractivity contribution >= 4 is 17.9 Å². The van der Waals surface area contributed by atoms with Gasteiger partial charge in [0.15, 0.2) is 6.10 Å². The van der Waals surface area contributed by atoms with Crippen LogP contribution in [0.1, 0.15) is 278 Å². The molecule has 0 heterocycles. The summed E-state index contributed by atoms with van der Waals surface area (Å²) in [4.78, 5) is 38.0. The Hall–Kier alpha value is -4.97. The van der Waals surface area contributed by atoms with Crippen molar-refractivity contribution in [1.29, 1.82) is 0 Å². The third-order valence-corrected chi connectivity index (χ3v) is 13.5. The second-order valence-corrected chi connectivity index (χ2v) is 21.3. The van der Waals surface area contributed by atoms with Crippen molar-refractivity contribution < 1.29 is 28.6 Å². The third-order valence-electron chi connectivity index (χ3n) is 13.5. The van der Waals surface area contributed by atoms with Crippen LogP contribution in [0.5, 0.6) is 0 Å². The average Bonchev–Trinajstić information content (AvgIpc) is 3.47. The summed E-state index contributed by atoms with van der Waals surface area (Å²) in [7, 11) is 0. The molecule has 0 aliphatic rings. The van der Waals surface area contributed by atoms with E-state index in [4.69, 9.17) is 14.2 Å². The lowest BCUT2D eigenvalue weighted by Crippen LogP contribution is -2.30. The normalized spacial score (nSPS) is 13.2. The highest BCUT2D eigenvalue weighted by Crippen LogP contribution is 2.15. The van der Waals surface area contributed by atoms with Crippen LogP contribution in [0.3, 0.4) is 0 Å². The van der Waals surface area contributed by atoms with Crippen LogP contribution < -0.4 is 0 Å². The Balaban J connectivity index is 4.11. The molecule has 1 atom stereocenters. The van der Waals surface area contributed by atoms with Crippen LogP contribution in [-0.2, 0) is 28.6 Å². The van der Waals surface area contributed by atoms with Gasteiger partial charge < -0.3 is 14.2 Å². The first kappa shape index (κ1) is 76.0. The zero-order chi connectivity index (χ0) is 58.5. The summed E-state index contributed by atoms with van der Waals surface area (Å²) in [5.74, 6) is -0.929. The summed E-state index contributed by atoms with van der Waals surface area (Å²) < 4.78 is 16.8. The summed E-state index contributed by atoms with van der Waals surface area (Å²) >= 11 is 0. The molecule has 0 rings (SSSR count). The van der Waals surface area contributed by atoms with Crippen molar-refractivity contribution in [3.8, 4) is 0 Å². The number of carbonyl (C=O) groups is 3. The number of esters is 3. The number of carbonyl (C=O) groups excluding carboxylic acids is 3. The molecular weight excluding hydrogens is 997 g/mol. The van der Waals surface area contributed by atoms with Gasteiger partial charge in [-0.3, -0.25) is 14.4 Å². The van der Waals surface area contributed by atoms with Gasteiger partial charge in [0.1, 0.15) is 13.2 Å². The van der Waals surface area contributed by atoms with E-state index in [1.807, 2.05) is 0 Å². The van der Waals surface area contributed by atoms with Crippen LogP contribution in [0.25, 0.3) is 0 Å². The number of rotatable bonds is 58. The van der Waals surface area contributed by atoms with Gasteiger partial charge in [0, 0.05) is 19.3 Å². The van der Waals surface area contributed by atoms with Crippen LogP contribution in [-0.4, -0.2) is 37.2 Å². The second-order valence-electron chi connectivity index (χ2n) is 21.3. The molecular formula is C75H120O6. The van der Waals surface area contributed by atoms with E-state index in [1.165, 1.54) is 64.2 Å². The van der Waals surface area contributed by atoms with Gasteiger partial charge in [-0.2, -0.15) is 0 Å². The lowest BCUT2D eigenvalue weighted by Gasteiger charge is -2.18. The van der Waals surface area contributed by atoms with Crippen molar-refractivity contribution in [2.75, 3.05) is 13.2 Å². The molecule has 81 heavy (non-hydrogen) atoms. The van der Waals surface area contributed by atoms with Crippen LogP contribution in [0, 0.1) is 0 Å². The maximum atomic E-state index is 12.8.